The third-order valence-electron chi connectivity index (χ3n) is 2.91. The van der Waals surface area contributed by atoms with Crippen LogP contribution in [0.25, 0.3) is 0 Å². The molecule has 2 aromatic rings. The minimum atomic E-state index is -0.472. The molecule has 0 unspecified atom stereocenters. The van der Waals surface area contributed by atoms with Crippen LogP contribution >= 0.6 is 38.5 Å². The predicted molar refractivity (Wildman–Crippen MR) is 103 cm³/mol. The lowest BCUT2D eigenvalue weighted by Crippen LogP contribution is -2.35. The van der Waals surface area contributed by atoms with Crippen molar-refractivity contribution in [2.24, 2.45) is 5.10 Å². The van der Waals surface area contributed by atoms with Gasteiger partial charge in [-0.3, -0.25) is 9.59 Å². The summed E-state index contributed by atoms with van der Waals surface area (Å²) < 4.78 is 1.58. The summed E-state index contributed by atoms with van der Waals surface area (Å²) in [6.45, 7) is -0.203. The van der Waals surface area contributed by atoms with Gasteiger partial charge in [0.2, 0.25) is 0 Å². The summed E-state index contributed by atoms with van der Waals surface area (Å²) in [4.78, 5) is 23.7. The van der Waals surface area contributed by atoms with Crippen molar-refractivity contribution in [2.45, 2.75) is 0 Å². The fourth-order valence-corrected chi connectivity index (χ4v) is 2.75. The van der Waals surface area contributed by atoms with Gasteiger partial charge in [0.05, 0.1) is 18.3 Å². The SMILES string of the molecule is O=C(CNC(=O)c1ccccc1I)N/N=C\c1cc(Br)ccc1O. The van der Waals surface area contributed by atoms with Gasteiger partial charge in [-0.05, 0) is 52.9 Å². The molecule has 0 saturated carbocycles. The van der Waals surface area contributed by atoms with Crippen LogP contribution in [0.4, 0.5) is 0 Å². The maximum Gasteiger partial charge on any atom is 0.259 e. The minimum Gasteiger partial charge on any atom is -0.507 e. The number of phenols is 1. The van der Waals surface area contributed by atoms with E-state index in [1.807, 2.05) is 12.1 Å². The van der Waals surface area contributed by atoms with E-state index in [0.29, 0.717) is 11.1 Å². The Morgan fingerprint density at radius 1 is 1.25 bits per heavy atom. The highest BCUT2D eigenvalue weighted by Gasteiger charge is 2.10. The highest BCUT2D eigenvalue weighted by Crippen LogP contribution is 2.19. The van der Waals surface area contributed by atoms with E-state index in [0.717, 1.165) is 8.04 Å². The van der Waals surface area contributed by atoms with Gasteiger partial charge in [0.25, 0.3) is 11.8 Å². The number of hydrogen-bond donors (Lipinski definition) is 3. The second-order valence-corrected chi connectivity index (χ2v) is 6.74. The third-order valence-corrected chi connectivity index (χ3v) is 4.34. The van der Waals surface area contributed by atoms with Crippen LogP contribution in [0.2, 0.25) is 0 Å². The molecule has 0 aromatic heterocycles. The normalized spacial score (nSPS) is 10.6. The fourth-order valence-electron chi connectivity index (χ4n) is 1.74. The van der Waals surface area contributed by atoms with E-state index in [1.54, 1.807) is 24.3 Å². The molecule has 0 atom stereocenters. The summed E-state index contributed by atoms with van der Waals surface area (Å²) in [6.07, 6.45) is 1.32. The Morgan fingerprint density at radius 2 is 2.00 bits per heavy atom. The lowest BCUT2D eigenvalue weighted by Gasteiger charge is -2.06. The Balaban J connectivity index is 1.85. The highest BCUT2D eigenvalue weighted by atomic mass is 127. The van der Waals surface area contributed by atoms with E-state index < -0.39 is 5.91 Å². The van der Waals surface area contributed by atoms with Crippen LogP contribution in [-0.2, 0) is 4.79 Å². The number of nitrogens with zero attached hydrogens (tertiary/aromatic N) is 1. The van der Waals surface area contributed by atoms with Crippen LogP contribution in [0.3, 0.4) is 0 Å². The molecule has 0 saturated heterocycles. The van der Waals surface area contributed by atoms with E-state index in [2.05, 4.69) is 54.4 Å². The van der Waals surface area contributed by atoms with Crippen LogP contribution < -0.4 is 10.7 Å². The average Bonchev–Trinajstić information content (AvgIpc) is 2.56. The number of hydrogen-bond acceptors (Lipinski definition) is 4. The number of aromatic hydroxyl groups is 1. The van der Waals surface area contributed by atoms with Gasteiger partial charge in [-0.25, -0.2) is 5.43 Å². The topological polar surface area (TPSA) is 90.8 Å². The molecule has 2 rings (SSSR count). The van der Waals surface area contributed by atoms with E-state index in [1.165, 1.54) is 12.3 Å². The van der Waals surface area contributed by atoms with Crippen molar-refractivity contribution in [3.05, 3.63) is 61.6 Å². The smallest absolute Gasteiger partial charge is 0.259 e. The molecule has 0 fully saturated rings. The summed E-state index contributed by atoms with van der Waals surface area (Å²) in [7, 11) is 0. The van der Waals surface area contributed by atoms with Crippen molar-refractivity contribution in [3.63, 3.8) is 0 Å². The molecule has 24 heavy (non-hydrogen) atoms. The number of carbonyl (C=O) groups is 2. The molecule has 0 aliphatic heterocycles. The molecule has 3 N–H and O–H groups in total. The lowest BCUT2D eigenvalue weighted by atomic mass is 10.2. The lowest BCUT2D eigenvalue weighted by molar-refractivity contribution is -0.120. The summed E-state index contributed by atoms with van der Waals surface area (Å²) in [5, 5.41) is 15.9. The third kappa shape index (κ3) is 5.31. The van der Waals surface area contributed by atoms with Gasteiger partial charge in [-0.15, -0.1) is 0 Å². The van der Waals surface area contributed by atoms with Gasteiger partial charge >= 0.3 is 0 Å². The number of halogens is 2. The van der Waals surface area contributed by atoms with Crippen LogP contribution in [0.15, 0.2) is 52.0 Å². The summed E-state index contributed by atoms with van der Waals surface area (Å²) in [5.41, 5.74) is 3.25. The van der Waals surface area contributed by atoms with E-state index in [9.17, 15) is 14.7 Å². The Morgan fingerprint density at radius 3 is 2.75 bits per heavy atom. The molecule has 2 amide bonds. The Kier molecular flexibility index (Phi) is 6.73. The molecule has 0 radical (unpaired) electrons. The molecule has 6 nitrogen and oxygen atoms in total. The molecular weight excluding hydrogens is 489 g/mol. The first-order chi connectivity index (χ1) is 11.5. The Bertz CT molecular complexity index is 796. The molecular formula is C16H13BrIN3O3. The second kappa shape index (κ2) is 8.78. The van der Waals surface area contributed by atoms with Crippen molar-refractivity contribution in [3.8, 4) is 5.75 Å². The standard InChI is InChI=1S/C16H13BrIN3O3/c17-11-5-6-14(22)10(7-11)8-20-21-15(23)9-19-16(24)12-3-1-2-4-13(12)18/h1-8,22H,9H2,(H,19,24)(H,21,23)/b20-8-. The van der Waals surface area contributed by atoms with E-state index in [4.69, 9.17) is 0 Å². The Labute approximate surface area is 160 Å². The first-order valence-corrected chi connectivity index (χ1v) is 8.67. The Hall–Kier alpha value is -1.94. The van der Waals surface area contributed by atoms with Crippen LogP contribution in [-0.4, -0.2) is 29.7 Å². The average molecular weight is 502 g/mol. The number of nitrogens with one attached hydrogen (secondary N) is 2. The molecule has 0 heterocycles. The quantitative estimate of drug-likeness (QED) is 0.334. The minimum absolute atomic E-state index is 0.0446. The zero-order chi connectivity index (χ0) is 17.5. The van der Waals surface area contributed by atoms with Crippen molar-refractivity contribution in [1.29, 1.82) is 0 Å². The molecule has 0 aliphatic rings. The summed E-state index contributed by atoms with van der Waals surface area (Å²) >= 11 is 5.33. The predicted octanol–water partition coefficient (Wildman–Crippen LogP) is 2.64. The molecule has 2 aromatic carbocycles. The van der Waals surface area contributed by atoms with Crippen molar-refractivity contribution < 1.29 is 14.7 Å². The second-order valence-electron chi connectivity index (χ2n) is 4.66. The van der Waals surface area contributed by atoms with Crippen LogP contribution in [0, 0.1) is 3.57 Å². The van der Waals surface area contributed by atoms with Crippen molar-refractivity contribution in [2.75, 3.05) is 6.54 Å². The van der Waals surface area contributed by atoms with Crippen LogP contribution in [0.5, 0.6) is 5.75 Å². The zero-order valence-corrected chi connectivity index (χ0v) is 16.0. The van der Waals surface area contributed by atoms with E-state index >= 15 is 0 Å². The first-order valence-electron chi connectivity index (χ1n) is 6.80. The van der Waals surface area contributed by atoms with Gasteiger partial charge in [0, 0.05) is 13.6 Å². The van der Waals surface area contributed by atoms with Crippen molar-refractivity contribution >= 4 is 56.5 Å². The van der Waals surface area contributed by atoms with Gasteiger partial charge in [0.15, 0.2) is 0 Å². The molecule has 0 aliphatic carbocycles. The fraction of sp³-hybridized carbons (Fsp3) is 0.0625. The molecule has 0 bridgehead atoms. The monoisotopic (exact) mass is 501 g/mol. The van der Waals surface area contributed by atoms with Gasteiger partial charge < -0.3 is 10.4 Å². The first kappa shape index (κ1) is 18.4. The molecule has 8 heteroatoms. The maximum absolute atomic E-state index is 12.0. The maximum atomic E-state index is 12.0. The largest absolute Gasteiger partial charge is 0.507 e. The number of amides is 2. The number of benzene rings is 2. The number of carbonyl (C=O) groups excluding carboxylic acids is 2. The highest BCUT2D eigenvalue weighted by molar-refractivity contribution is 14.1. The molecule has 124 valence electrons. The zero-order valence-electron chi connectivity index (χ0n) is 12.3. The van der Waals surface area contributed by atoms with Gasteiger partial charge in [-0.2, -0.15) is 5.10 Å². The van der Waals surface area contributed by atoms with Gasteiger partial charge in [0.1, 0.15) is 5.75 Å². The summed E-state index contributed by atoms with van der Waals surface area (Å²) in [6, 6.07) is 11.9. The van der Waals surface area contributed by atoms with Crippen LogP contribution in [0.1, 0.15) is 15.9 Å². The number of hydrazone groups is 1. The summed E-state index contributed by atoms with van der Waals surface area (Å²) in [5.74, 6) is -0.757. The van der Waals surface area contributed by atoms with E-state index in [-0.39, 0.29) is 18.2 Å². The number of rotatable bonds is 5. The number of phenolic OH excluding ortho intramolecular Hbond substituents is 1. The van der Waals surface area contributed by atoms with Crippen molar-refractivity contribution in [1.82, 2.24) is 10.7 Å². The molecule has 0 spiro atoms. The van der Waals surface area contributed by atoms with Gasteiger partial charge in [-0.1, -0.05) is 28.1 Å².